The van der Waals surface area contributed by atoms with Crippen molar-refractivity contribution in [3.05, 3.63) is 52.8 Å². The van der Waals surface area contributed by atoms with Crippen molar-refractivity contribution >= 4 is 5.95 Å². The third-order valence-electron chi connectivity index (χ3n) is 2.88. The number of benzene rings is 1. The first-order valence-corrected chi connectivity index (χ1v) is 6.49. The molecule has 0 atom stereocenters. The summed E-state index contributed by atoms with van der Waals surface area (Å²) in [6.07, 6.45) is 0.889. The van der Waals surface area contributed by atoms with Gasteiger partial charge in [-0.15, -0.1) is 0 Å². The van der Waals surface area contributed by atoms with Crippen LogP contribution < -0.4 is 11.1 Å². The molecule has 0 bridgehead atoms. The van der Waals surface area contributed by atoms with Gasteiger partial charge in [-0.1, -0.05) is 24.3 Å². The molecule has 3 N–H and O–H groups in total. The molecule has 0 spiro atoms. The van der Waals surface area contributed by atoms with E-state index in [4.69, 9.17) is 11.0 Å². The van der Waals surface area contributed by atoms with Crippen LogP contribution in [0.3, 0.4) is 0 Å². The summed E-state index contributed by atoms with van der Waals surface area (Å²) in [7, 11) is 0. The van der Waals surface area contributed by atoms with Gasteiger partial charge in [0.1, 0.15) is 11.8 Å². The smallest absolute Gasteiger partial charge is 0.224 e. The quantitative estimate of drug-likeness (QED) is 0.862. The Morgan fingerprint density at radius 1 is 1.20 bits per heavy atom. The molecule has 2 rings (SSSR count). The second-order valence-corrected chi connectivity index (χ2v) is 4.54. The van der Waals surface area contributed by atoms with Crippen molar-refractivity contribution < 1.29 is 0 Å². The van der Waals surface area contributed by atoms with Crippen LogP contribution in [0.5, 0.6) is 0 Å². The average Bonchev–Trinajstić information content (AvgIpc) is 2.46. The Labute approximate surface area is 118 Å². The second-order valence-electron chi connectivity index (χ2n) is 4.54. The van der Waals surface area contributed by atoms with E-state index in [9.17, 15) is 0 Å². The van der Waals surface area contributed by atoms with Crippen molar-refractivity contribution in [2.75, 3.05) is 11.9 Å². The lowest BCUT2D eigenvalue weighted by molar-refractivity contribution is 0.964. The summed E-state index contributed by atoms with van der Waals surface area (Å²) < 4.78 is 0. The van der Waals surface area contributed by atoms with Crippen LogP contribution in [-0.2, 0) is 13.0 Å². The number of nitrogens with zero attached hydrogens (tertiary/aromatic N) is 3. The lowest BCUT2D eigenvalue weighted by Crippen LogP contribution is -2.06. The number of nitrogens with two attached hydrogens (primary N) is 1. The van der Waals surface area contributed by atoms with Crippen LogP contribution >= 0.6 is 0 Å². The molecule has 5 nitrogen and oxygen atoms in total. The van der Waals surface area contributed by atoms with E-state index in [2.05, 4.69) is 39.6 Å². The van der Waals surface area contributed by atoms with Crippen molar-refractivity contribution in [3.63, 3.8) is 0 Å². The molecule has 0 fully saturated rings. The number of nitrogens with one attached hydrogen (secondary N) is 1. The molecule has 1 aromatic carbocycles. The number of aromatic nitrogens is 2. The molecule has 5 heteroatoms. The zero-order chi connectivity index (χ0) is 14.4. The van der Waals surface area contributed by atoms with E-state index in [-0.39, 0.29) is 0 Å². The van der Waals surface area contributed by atoms with Gasteiger partial charge in [-0.05, 0) is 37.1 Å². The molecule has 20 heavy (non-hydrogen) atoms. The monoisotopic (exact) mass is 267 g/mol. The maximum absolute atomic E-state index is 8.87. The summed E-state index contributed by atoms with van der Waals surface area (Å²) in [4.78, 5) is 8.37. The molecule has 0 aliphatic carbocycles. The van der Waals surface area contributed by atoms with Crippen molar-refractivity contribution in [1.82, 2.24) is 9.97 Å². The normalized spacial score (nSPS) is 10.1. The molecule has 0 unspecified atom stereocenters. The minimum absolute atomic E-state index is 0.373. The molecule has 0 saturated carbocycles. The summed E-state index contributed by atoms with van der Waals surface area (Å²) in [5.41, 5.74) is 9.03. The van der Waals surface area contributed by atoms with Crippen LogP contribution in [-0.4, -0.2) is 16.5 Å². The maximum Gasteiger partial charge on any atom is 0.224 e. The Morgan fingerprint density at radius 3 is 2.55 bits per heavy atom. The molecule has 0 amide bonds. The number of nitriles is 1. The Balaban J connectivity index is 2.01. The van der Waals surface area contributed by atoms with Crippen LogP contribution in [0.2, 0.25) is 0 Å². The predicted molar refractivity (Wildman–Crippen MR) is 78.0 cm³/mol. The van der Waals surface area contributed by atoms with E-state index >= 15 is 0 Å². The van der Waals surface area contributed by atoms with Gasteiger partial charge in [0.05, 0.1) is 0 Å². The van der Waals surface area contributed by atoms with E-state index in [1.165, 1.54) is 5.56 Å². The van der Waals surface area contributed by atoms with Gasteiger partial charge in [-0.3, -0.25) is 0 Å². The van der Waals surface area contributed by atoms with Crippen LogP contribution in [0.4, 0.5) is 5.95 Å². The highest BCUT2D eigenvalue weighted by atomic mass is 15.1. The molecular weight excluding hydrogens is 250 g/mol. The van der Waals surface area contributed by atoms with Crippen molar-refractivity contribution in [2.45, 2.75) is 19.9 Å². The van der Waals surface area contributed by atoms with Crippen LogP contribution in [0.25, 0.3) is 0 Å². The van der Waals surface area contributed by atoms with Crippen molar-refractivity contribution in [3.8, 4) is 6.07 Å². The number of aryl methyl sites for hydroxylation is 1. The van der Waals surface area contributed by atoms with Gasteiger partial charge in [-0.25, -0.2) is 9.97 Å². The van der Waals surface area contributed by atoms with Gasteiger partial charge < -0.3 is 11.1 Å². The Hall–Kier alpha value is -2.45. The predicted octanol–water partition coefficient (Wildman–Crippen LogP) is 1.77. The van der Waals surface area contributed by atoms with Crippen molar-refractivity contribution in [1.29, 1.82) is 5.26 Å². The lowest BCUT2D eigenvalue weighted by Gasteiger charge is -2.07. The molecule has 0 saturated heterocycles. The van der Waals surface area contributed by atoms with E-state index in [0.29, 0.717) is 24.7 Å². The molecule has 2 aromatic rings. The number of rotatable bonds is 5. The first kappa shape index (κ1) is 14.0. The summed E-state index contributed by atoms with van der Waals surface area (Å²) in [5, 5.41) is 12.0. The molecule has 1 heterocycles. The minimum Gasteiger partial charge on any atom is -0.350 e. The summed E-state index contributed by atoms with van der Waals surface area (Å²) in [6, 6.07) is 11.9. The minimum atomic E-state index is 0.373. The Morgan fingerprint density at radius 2 is 1.90 bits per heavy atom. The van der Waals surface area contributed by atoms with Crippen LogP contribution in [0.1, 0.15) is 22.5 Å². The van der Waals surface area contributed by atoms with Gasteiger partial charge in [0.25, 0.3) is 0 Å². The zero-order valence-electron chi connectivity index (χ0n) is 11.4. The fourth-order valence-electron chi connectivity index (χ4n) is 1.88. The molecular formula is C15H17N5. The first-order chi connectivity index (χ1) is 9.71. The molecule has 1 aromatic heterocycles. The molecule has 0 radical (unpaired) electrons. The second kappa shape index (κ2) is 6.64. The summed E-state index contributed by atoms with van der Waals surface area (Å²) >= 11 is 0. The van der Waals surface area contributed by atoms with E-state index < -0.39 is 0 Å². The van der Waals surface area contributed by atoms with Gasteiger partial charge in [0.15, 0.2) is 0 Å². The largest absolute Gasteiger partial charge is 0.350 e. The molecule has 0 aliphatic heterocycles. The Bertz CT molecular complexity index is 613. The third-order valence-corrected chi connectivity index (χ3v) is 2.88. The third kappa shape index (κ3) is 3.77. The zero-order valence-corrected chi connectivity index (χ0v) is 11.4. The van der Waals surface area contributed by atoms with Gasteiger partial charge >= 0.3 is 0 Å². The topological polar surface area (TPSA) is 87.6 Å². The summed E-state index contributed by atoms with van der Waals surface area (Å²) in [6.45, 7) is 3.12. The fraction of sp³-hybridized carbons (Fsp3) is 0.267. The fourth-order valence-corrected chi connectivity index (χ4v) is 1.88. The van der Waals surface area contributed by atoms with Gasteiger partial charge in [0, 0.05) is 12.2 Å². The first-order valence-electron chi connectivity index (χ1n) is 6.49. The number of hydrogen-bond donors (Lipinski definition) is 2. The van der Waals surface area contributed by atoms with Gasteiger partial charge in [-0.2, -0.15) is 5.26 Å². The molecule has 102 valence electrons. The lowest BCUT2D eigenvalue weighted by atomic mass is 10.1. The van der Waals surface area contributed by atoms with E-state index in [1.807, 2.05) is 13.0 Å². The number of hydrogen-bond acceptors (Lipinski definition) is 5. The van der Waals surface area contributed by atoms with E-state index in [1.54, 1.807) is 6.07 Å². The number of anilines is 1. The summed E-state index contributed by atoms with van der Waals surface area (Å²) in [5.74, 6) is 0.479. The average molecular weight is 267 g/mol. The van der Waals surface area contributed by atoms with Crippen molar-refractivity contribution in [2.24, 2.45) is 5.73 Å². The maximum atomic E-state index is 8.87. The van der Waals surface area contributed by atoms with Gasteiger partial charge in [0.2, 0.25) is 5.95 Å². The molecule has 0 aliphatic rings. The van der Waals surface area contributed by atoms with Crippen LogP contribution in [0.15, 0.2) is 30.3 Å². The Kier molecular flexibility index (Phi) is 4.64. The highest BCUT2D eigenvalue weighted by Crippen LogP contribution is 2.08. The van der Waals surface area contributed by atoms with E-state index in [0.717, 1.165) is 17.7 Å². The SMILES string of the molecule is Cc1cc(C#N)nc(NCc2ccc(CCN)cc2)n1. The van der Waals surface area contributed by atoms with Crippen LogP contribution in [0, 0.1) is 18.3 Å². The highest BCUT2D eigenvalue weighted by molar-refractivity contribution is 5.34. The standard InChI is InChI=1S/C15H17N5/c1-11-8-14(9-17)20-15(19-11)18-10-13-4-2-12(3-5-13)6-7-16/h2-5,8H,6-7,10,16H2,1H3,(H,18,19,20). The highest BCUT2D eigenvalue weighted by Gasteiger charge is 2.01.